The molecule has 0 aliphatic heterocycles. The molecule has 0 amide bonds. The molecule has 1 saturated carbocycles. The zero-order valence-corrected chi connectivity index (χ0v) is 10.3. The molecule has 1 aliphatic carbocycles. The van der Waals surface area contributed by atoms with Crippen LogP contribution in [0.3, 0.4) is 0 Å². The Labute approximate surface area is 97.1 Å². The summed E-state index contributed by atoms with van der Waals surface area (Å²) in [5.74, 6) is 0.596. The van der Waals surface area contributed by atoms with E-state index < -0.39 is 0 Å². The number of hydrogen-bond acceptors (Lipinski definition) is 1. The average Bonchev–Trinajstić information content (AvgIpc) is 2.86. The van der Waals surface area contributed by atoms with Crippen molar-refractivity contribution in [2.75, 3.05) is 7.05 Å². The third-order valence-corrected chi connectivity index (χ3v) is 3.84. The molecule has 0 bridgehead atoms. The molecule has 0 saturated heterocycles. The molecule has 2 heteroatoms. The normalized spacial score (nSPS) is 24.1. The Morgan fingerprint density at radius 1 is 1.44 bits per heavy atom. The molecule has 1 N–H and O–H groups in total. The smallest absolute Gasteiger partial charge is 0.126 e. The van der Waals surface area contributed by atoms with Crippen molar-refractivity contribution in [3.05, 3.63) is 35.6 Å². The minimum absolute atomic E-state index is 0.0822. The number of halogens is 1. The van der Waals surface area contributed by atoms with E-state index in [1.165, 1.54) is 6.42 Å². The summed E-state index contributed by atoms with van der Waals surface area (Å²) in [6.07, 6.45) is 2.03. The van der Waals surface area contributed by atoms with E-state index in [1.54, 1.807) is 12.1 Å². The summed E-state index contributed by atoms with van der Waals surface area (Å²) >= 11 is 0. The molecule has 88 valence electrons. The van der Waals surface area contributed by atoms with Crippen molar-refractivity contribution >= 4 is 0 Å². The predicted molar refractivity (Wildman–Crippen MR) is 64.8 cm³/mol. The first-order valence-corrected chi connectivity index (χ1v) is 5.95. The summed E-state index contributed by atoms with van der Waals surface area (Å²) in [6.45, 7) is 4.56. The summed E-state index contributed by atoms with van der Waals surface area (Å²) in [5.41, 5.74) is 1.25. The van der Waals surface area contributed by atoms with Crippen LogP contribution in [-0.2, 0) is 6.42 Å². The molecular formula is C14H20FN. The van der Waals surface area contributed by atoms with Crippen molar-refractivity contribution in [3.8, 4) is 0 Å². The maximum atomic E-state index is 13.5. The highest BCUT2D eigenvalue weighted by molar-refractivity contribution is 5.20. The lowest BCUT2D eigenvalue weighted by atomic mass is 9.97. The van der Waals surface area contributed by atoms with E-state index in [9.17, 15) is 4.39 Å². The van der Waals surface area contributed by atoms with E-state index in [0.29, 0.717) is 17.4 Å². The largest absolute Gasteiger partial charge is 0.316 e. The van der Waals surface area contributed by atoms with Gasteiger partial charge in [0.2, 0.25) is 0 Å². The fraction of sp³-hybridized carbons (Fsp3) is 0.571. The number of hydrogen-bond donors (Lipinski definition) is 1. The van der Waals surface area contributed by atoms with E-state index in [-0.39, 0.29) is 5.82 Å². The van der Waals surface area contributed by atoms with Gasteiger partial charge in [-0.25, -0.2) is 4.39 Å². The first kappa shape index (κ1) is 11.6. The third-order valence-electron chi connectivity index (χ3n) is 3.84. The van der Waals surface area contributed by atoms with Crippen molar-refractivity contribution in [2.24, 2.45) is 11.3 Å². The molecule has 2 unspecified atom stereocenters. The number of likely N-dealkylation sites (N-methyl/N-ethyl adjacent to an activating group) is 1. The topological polar surface area (TPSA) is 12.0 Å². The molecule has 1 fully saturated rings. The van der Waals surface area contributed by atoms with E-state index >= 15 is 0 Å². The van der Waals surface area contributed by atoms with Gasteiger partial charge in [-0.1, -0.05) is 32.0 Å². The van der Waals surface area contributed by atoms with Crippen molar-refractivity contribution < 1.29 is 4.39 Å². The Kier molecular flexibility index (Phi) is 3.02. The predicted octanol–water partition coefficient (Wildman–Crippen LogP) is 3.00. The Morgan fingerprint density at radius 2 is 2.06 bits per heavy atom. The zero-order valence-electron chi connectivity index (χ0n) is 10.3. The molecule has 0 spiro atoms. The maximum absolute atomic E-state index is 13.5. The van der Waals surface area contributed by atoms with Gasteiger partial charge in [0.15, 0.2) is 0 Å². The summed E-state index contributed by atoms with van der Waals surface area (Å²) < 4.78 is 13.5. The highest BCUT2D eigenvalue weighted by Crippen LogP contribution is 2.53. The quantitative estimate of drug-likeness (QED) is 0.824. The second kappa shape index (κ2) is 4.17. The molecule has 1 aromatic rings. The second-order valence-corrected chi connectivity index (χ2v) is 5.49. The molecule has 2 rings (SSSR count). The molecular weight excluding hydrogens is 201 g/mol. The molecule has 2 atom stereocenters. The van der Waals surface area contributed by atoms with Crippen LogP contribution >= 0.6 is 0 Å². The van der Waals surface area contributed by atoms with Gasteiger partial charge in [0.05, 0.1) is 0 Å². The lowest BCUT2D eigenvalue weighted by Gasteiger charge is -2.18. The maximum Gasteiger partial charge on any atom is 0.126 e. The van der Waals surface area contributed by atoms with Gasteiger partial charge in [-0.3, -0.25) is 0 Å². The third kappa shape index (κ3) is 2.27. The standard InChI is InChI=1S/C14H20FN/c1-14(2)9-11(14)13(16-3)8-10-6-4-5-7-12(10)15/h4-7,11,13,16H,8-9H2,1-3H3. The van der Waals surface area contributed by atoms with E-state index in [4.69, 9.17) is 0 Å². The van der Waals surface area contributed by atoms with Gasteiger partial charge in [-0.05, 0) is 42.9 Å². The van der Waals surface area contributed by atoms with Gasteiger partial charge >= 0.3 is 0 Å². The number of benzene rings is 1. The fourth-order valence-corrected chi connectivity index (χ4v) is 2.54. The monoisotopic (exact) mass is 221 g/mol. The summed E-state index contributed by atoms with van der Waals surface area (Å²) in [4.78, 5) is 0. The van der Waals surface area contributed by atoms with Crippen LogP contribution < -0.4 is 5.32 Å². The Balaban J connectivity index is 2.06. The molecule has 0 heterocycles. The van der Waals surface area contributed by atoms with Crippen LogP contribution in [0.1, 0.15) is 25.8 Å². The fourth-order valence-electron chi connectivity index (χ4n) is 2.54. The van der Waals surface area contributed by atoms with Gasteiger partial charge in [0, 0.05) is 6.04 Å². The Morgan fingerprint density at radius 3 is 2.56 bits per heavy atom. The number of nitrogens with one attached hydrogen (secondary N) is 1. The molecule has 1 aromatic carbocycles. The average molecular weight is 221 g/mol. The SMILES string of the molecule is CNC(Cc1ccccc1F)C1CC1(C)C. The van der Waals surface area contributed by atoms with Gasteiger partial charge in [-0.15, -0.1) is 0 Å². The van der Waals surface area contributed by atoms with E-state index in [0.717, 1.165) is 12.0 Å². The minimum atomic E-state index is -0.0822. The van der Waals surface area contributed by atoms with Crippen LogP contribution in [0.25, 0.3) is 0 Å². The van der Waals surface area contributed by atoms with Crippen LogP contribution in [0.15, 0.2) is 24.3 Å². The molecule has 0 radical (unpaired) electrons. The van der Waals surface area contributed by atoms with E-state index in [2.05, 4.69) is 19.2 Å². The van der Waals surface area contributed by atoms with Crippen molar-refractivity contribution in [2.45, 2.75) is 32.7 Å². The lowest BCUT2D eigenvalue weighted by Crippen LogP contribution is -2.31. The Hall–Kier alpha value is -0.890. The summed E-state index contributed by atoms with van der Waals surface area (Å²) in [5, 5.41) is 3.33. The van der Waals surface area contributed by atoms with Gasteiger partial charge < -0.3 is 5.32 Å². The van der Waals surface area contributed by atoms with Crippen molar-refractivity contribution in [1.29, 1.82) is 0 Å². The van der Waals surface area contributed by atoms with Gasteiger partial charge in [0.1, 0.15) is 5.82 Å². The molecule has 1 nitrogen and oxygen atoms in total. The minimum Gasteiger partial charge on any atom is -0.316 e. The van der Waals surface area contributed by atoms with Crippen molar-refractivity contribution in [3.63, 3.8) is 0 Å². The second-order valence-electron chi connectivity index (χ2n) is 5.49. The van der Waals surface area contributed by atoms with Crippen LogP contribution in [-0.4, -0.2) is 13.1 Å². The summed E-state index contributed by atoms with van der Waals surface area (Å²) in [6, 6.07) is 7.47. The van der Waals surface area contributed by atoms with Crippen LogP contribution in [0.5, 0.6) is 0 Å². The highest BCUT2D eigenvalue weighted by Gasteiger charge is 2.49. The lowest BCUT2D eigenvalue weighted by molar-refractivity contribution is 0.420. The highest BCUT2D eigenvalue weighted by atomic mass is 19.1. The number of rotatable bonds is 4. The Bertz CT molecular complexity index is 373. The molecule has 0 aromatic heterocycles. The molecule has 16 heavy (non-hydrogen) atoms. The van der Waals surface area contributed by atoms with Crippen molar-refractivity contribution in [1.82, 2.24) is 5.32 Å². The van der Waals surface area contributed by atoms with Crippen LogP contribution in [0.2, 0.25) is 0 Å². The summed E-state index contributed by atoms with van der Waals surface area (Å²) in [7, 11) is 1.97. The van der Waals surface area contributed by atoms with Crippen LogP contribution in [0.4, 0.5) is 4.39 Å². The molecule has 1 aliphatic rings. The van der Waals surface area contributed by atoms with Gasteiger partial charge in [0.25, 0.3) is 0 Å². The first-order chi connectivity index (χ1) is 7.54. The van der Waals surface area contributed by atoms with Crippen LogP contribution in [0, 0.1) is 17.2 Å². The van der Waals surface area contributed by atoms with E-state index in [1.807, 2.05) is 19.2 Å². The zero-order chi connectivity index (χ0) is 11.8. The van der Waals surface area contributed by atoms with Gasteiger partial charge in [-0.2, -0.15) is 0 Å². The first-order valence-electron chi connectivity index (χ1n) is 5.95.